The minimum Gasteiger partial charge on any atom is -0.308 e. The Labute approximate surface area is 113 Å². The molecule has 3 heteroatoms. The van der Waals surface area contributed by atoms with Crippen molar-refractivity contribution in [3.05, 3.63) is 59.7 Å². The molecule has 0 atom stereocenters. The second-order valence-corrected chi connectivity index (χ2v) is 4.45. The number of anilines is 2. The number of amides is 2. The Morgan fingerprint density at radius 3 is 2.58 bits per heavy atom. The van der Waals surface area contributed by atoms with Gasteiger partial charge in [0.2, 0.25) is 0 Å². The van der Waals surface area contributed by atoms with Crippen LogP contribution in [0.5, 0.6) is 0 Å². The molecule has 0 unspecified atom stereocenters. The lowest BCUT2D eigenvalue weighted by atomic mass is 10.1. The molecule has 0 heterocycles. The normalized spacial score (nSPS) is 10.0. The number of carbonyl (C=O) groups excluding carboxylic acids is 1. The molecule has 98 valence electrons. The minimum absolute atomic E-state index is 0.220. The fourth-order valence-electron chi connectivity index (χ4n) is 1.87. The molecule has 3 nitrogen and oxygen atoms in total. The Hall–Kier alpha value is -2.29. The van der Waals surface area contributed by atoms with Crippen LogP contribution in [0.2, 0.25) is 0 Å². The van der Waals surface area contributed by atoms with Gasteiger partial charge in [0.15, 0.2) is 0 Å². The standard InChI is InChI=1S/C16H18N2O/c1-3-13-8-6-9-14(11-13)17-16(19)18-15-10-5-4-7-12(15)2/h4-11H,3H2,1-2H3,(H2,17,18,19). The van der Waals surface area contributed by atoms with Crippen LogP contribution in [-0.4, -0.2) is 6.03 Å². The van der Waals surface area contributed by atoms with Gasteiger partial charge < -0.3 is 10.6 Å². The molecule has 2 rings (SSSR count). The first-order valence-electron chi connectivity index (χ1n) is 6.41. The fraction of sp³-hybridized carbons (Fsp3) is 0.188. The maximum Gasteiger partial charge on any atom is 0.323 e. The number of aryl methyl sites for hydroxylation is 2. The van der Waals surface area contributed by atoms with E-state index in [2.05, 4.69) is 17.6 Å². The van der Waals surface area contributed by atoms with Gasteiger partial charge in [-0.05, 0) is 42.7 Å². The van der Waals surface area contributed by atoms with Crippen LogP contribution in [0, 0.1) is 6.92 Å². The Morgan fingerprint density at radius 1 is 1.05 bits per heavy atom. The summed E-state index contributed by atoms with van der Waals surface area (Å²) < 4.78 is 0. The van der Waals surface area contributed by atoms with Crippen LogP contribution < -0.4 is 10.6 Å². The van der Waals surface area contributed by atoms with Crippen molar-refractivity contribution in [1.82, 2.24) is 0 Å². The van der Waals surface area contributed by atoms with Gasteiger partial charge >= 0.3 is 6.03 Å². The third-order valence-electron chi connectivity index (χ3n) is 2.99. The van der Waals surface area contributed by atoms with Crippen molar-refractivity contribution in [1.29, 1.82) is 0 Å². The Morgan fingerprint density at radius 2 is 1.84 bits per heavy atom. The number of para-hydroxylation sites is 1. The lowest BCUT2D eigenvalue weighted by molar-refractivity contribution is 0.262. The highest BCUT2D eigenvalue weighted by atomic mass is 16.2. The zero-order chi connectivity index (χ0) is 13.7. The number of carbonyl (C=O) groups is 1. The summed E-state index contributed by atoms with van der Waals surface area (Å²) >= 11 is 0. The fourth-order valence-corrected chi connectivity index (χ4v) is 1.87. The number of hydrogen-bond acceptors (Lipinski definition) is 1. The van der Waals surface area contributed by atoms with Gasteiger partial charge in [-0.1, -0.05) is 37.3 Å². The van der Waals surface area contributed by atoms with E-state index in [4.69, 9.17) is 0 Å². The van der Waals surface area contributed by atoms with Gasteiger partial charge in [0.1, 0.15) is 0 Å². The smallest absolute Gasteiger partial charge is 0.308 e. The van der Waals surface area contributed by atoms with E-state index in [-0.39, 0.29) is 6.03 Å². The van der Waals surface area contributed by atoms with Crippen LogP contribution in [0.15, 0.2) is 48.5 Å². The first kappa shape index (κ1) is 13.1. The van der Waals surface area contributed by atoms with Crippen LogP contribution >= 0.6 is 0 Å². The van der Waals surface area contributed by atoms with Crippen molar-refractivity contribution in [2.24, 2.45) is 0 Å². The van der Waals surface area contributed by atoms with E-state index >= 15 is 0 Å². The molecule has 0 fully saturated rings. The highest BCUT2D eigenvalue weighted by Crippen LogP contribution is 2.15. The van der Waals surface area contributed by atoms with E-state index < -0.39 is 0 Å². The summed E-state index contributed by atoms with van der Waals surface area (Å²) in [6.45, 7) is 4.06. The van der Waals surface area contributed by atoms with E-state index in [1.165, 1.54) is 5.56 Å². The molecule has 0 spiro atoms. The lowest BCUT2D eigenvalue weighted by Gasteiger charge is -2.10. The zero-order valence-corrected chi connectivity index (χ0v) is 11.2. The number of hydrogen-bond donors (Lipinski definition) is 2. The van der Waals surface area contributed by atoms with Crippen LogP contribution in [0.3, 0.4) is 0 Å². The van der Waals surface area contributed by atoms with Crippen molar-refractivity contribution in [3.63, 3.8) is 0 Å². The molecular formula is C16H18N2O. The molecule has 19 heavy (non-hydrogen) atoms. The zero-order valence-electron chi connectivity index (χ0n) is 11.2. The van der Waals surface area contributed by atoms with Gasteiger partial charge in [-0.15, -0.1) is 0 Å². The third kappa shape index (κ3) is 3.58. The molecular weight excluding hydrogens is 236 g/mol. The number of urea groups is 1. The molecule has 0 aliphatic carbocycles. The van der Waals surface area contributed by atoms with Gasteiger partial charge in [-0.25, -0.2) is 4.79 Å². The van der Waals surface area contributed by atoms with E-state index in [1.54, 1.807) is 0 Å². The average molecular weight is 254 g/mol. The molecule has 2 N–H and O–H groups in total. The molecule has 2 aromatic rings. The maximum absolute atomic E-state index is 11.9. The van der Waals surface area contributed by atoms with Gasteiger partial charge in [0.05, 0.1) is 0 Å². The van der Waals surface area contributed by atoms with Crippen LogP contribution in [-0.2, 0) is 6.42 Å². The summed E-state index contributed by atoms with van der Waals surface area (Å²) in [4.78, 5) is 11.9. The second kappa shape index (κ2) is 6.05. The summed E-state index contributed by atoms with van der Waals surface area (Å²) in [5.41, 5.74) is 3.88. The van der Waals surface area contributed by atoms with E-state index in [9.17, 15) is 4.79 Å². The predicted molar refractivity (Wildman–Crippen MR) is 79.6 cm³/mol. The molecule has 0 bridgehead atoms. The van der Waals surface area contributed by atoms with Crippen LogP contribution in [0.25, 0.3) is 0 Å². The predicted octanol–water partition coefficient (Wildman–Crippen LogP) is 4.20. The summed E-state index contributed by atoms with van der Waals surface area (Å²) in [6, 6.07) is 15.3. The second-order valence-electron chi connectivity index (χ2n) is 4.45. The van der Waals surface area contributed by atoms with Gasteiger partial charge in [0, 0.05) is 11.4 Å². The number of nitrogens with one attached hydrogen (secondary N) is 2. The minimum atomic E-state index is -0.220. The highest BCUT2D eigenvalue weighted by Gasteiger charge is 2.04. The van der Waals surface area contributed by atoms with Crippen LogP contribution in [0.1, 0.15) is 18.1 Å². The van der Waals surface area contributed by atoms with Crippen molar-refractivity contribution < 1.29 is 4.79 Å². The van der Waals surface area contributed by atoms with Crippen LogP contribution in [0.4, 0.5) is 16.2 Å². The third-order valence-corrected chi connectivity index (χ3v) is 2.99. The Bertz CT molecular complexity index is 578. The maximum atomic E-state index is 11.9. The molecule has 0 aromatic heterocycles. The highest BCUT2D eigenvalue weighted by molar-refractivity contribution is 6.00. The number of benzene rings is 2. The van der Waals surface area contributed by atoms with E-state index in [0.717, 1.165) is 23.4 Å². The largest absolute Gasteiger partial charge is 0.323 e. The molecule has 0 radical (unpaired) electrons. The molecule has 0 aliphatic rings. The summed E-state index contributed by atoms with van der Waals surface area (Å²) in [6.07, 6.45) is 0.953. The van der Waals surface area contributed by atoms with Gasteiger partial charge in [-0.2, -0.15) is 0 Å². The molecule has 0 aliphatic heterocycles. The van der Waals surface area contributed by atoms with E-state index in [0.29, 0.717) is 0 Å². The van der Waals surface area contributed by atoms with Gasteiger partial charge in [0.25, 0.3) is 0 Å². The molecule has 0 saturated heterocycles. The Kier molecular flexibility index (Phi) is 4.18. The van der Waals surface area contributed by atoms with Crippen molar-refractivity contribution in [3.8, 4) is 0 Å². The monoisotopic (exact) mass is 254 g/mol. The summed E-state index contributed by atoms with van der Waals surface area (Å²) in [7, 11) is 0. The van der Waals surface area contributed by atoms with Crippen molar-refractivity contribution in [2.45, 2.75) is 20.3 Å². The topological polar surface area (TPSA) is 41.1 Å². The molecule has 2 aromatic carbocycles. The van der Waals surface area contributed by atoms with Gasteiger partial charge in [-0.3, -0.25) is 0 Å². The lowest BCUT2D eigenvalue weighted by Crippen LogP contribution is -2.19. The first-order valence-corrected chi connectivity index (χ1v) is 6.41. The van der Waals surface area contributed by atoms with Crippen molar-refractivity contribution in [2.75, 3.05) is 10.6 Å². The SMILES string of the molecule is CCc1cccc(NC(=O)Nc2ccccc2C)c1. The first-order chi connectivity index (χ1) is 9.19. The summed E-state index contributed by atoms with van der Waals surface area (Å²) in [5.74, 6) is 0. The van der Waals surface area contributed by atoms with Crippen molar-refractivity contribution >= 4 is 17.4 Å². The van der Waals surface area contributed by atoms with E-state index in [1.807, 2.05) is 55.5 Å². The molecule has 2 amide bonds. The quantitative estimate of drug-likeness (QED) is 0.846. The molecule has 0 saturated carbocycles. The Balaban J connectivity index is 2.03. The summed E-state index contributed by atoms with van der Waals surface area (Å²) in [5, 5.41) is 5.69. The number of rotatable bonds is 3. The average Bonchev–Trinajstić information content (AvgIpc) is 2.41.